The van der Waals surface area contributed by atoms with Crippen LogP contribution in [0.15, 0.2) is 30.3 Å². The molecule has 110 valence electrons. The topological polar surface area (TPSA) is 43.7 Å². The third kappa shape index (κ3) is 2.09. The zero-order valence-electron chi connectivity index (χ0n) is 12.7. The molecule has 2 aromatic rings. The van der Waals surface area contributed by atoms with Gasteiger partial charge in [-0.3, -0.25) is 0 Å². The fourth-order valence-electron chi connectivity index (χ4n) is 3.38. The quantitative estimate of drug-likeness (QED) is 0.829. The number of phenolic OH excluding ortho intramolecular Hbond substituents is 2. The Kier molecular flexibility index (Phi) is 3.38. The highest BCUT2D eigenvalue weighted by Crippen LogP contribution is 2.48. The van der Waals surface area contributed by atoms with Crippen LogP contribution in [0.25, 0.3) is 11.1 Å². The fraction of sp³-hybridized carbons (Fsp3) is 0.333. The van der Waals surface area contributed by atoms with Crippen molar-refractivity contribution >= 4 is 0 Å². The second-order valence-corrected chi connectivity index (χ2v) is 5.88. The Bertz CT molecular complexity index is 692. The standard InChI is InChI=1S/C18H21NO2/c1-4-11-6-5-7-13-16(11)14(19(2)3)10-12-8-9-15(20)18(21)17(12)13/h5-9,14,20-21H,4,10H2,1-3H3. The number of nitrogens with zero attached hydrogens (tertiary/aromatic N) is 1. The molecule has 3 heteroatoms. The van der Waals surface area contributed by atoms with E-state index in [0.717, 1.165) is 29.5 Å². The zero-order valence-corrected chi connectivity index (χ0v) is 12.7. The predicted molar refractivity (Wildman–Crippen MR) is 84.7 cm³/mol. The molecule has 1 unspecified atom stereocenters. The van der Waals surface area contributed by atoms with Crippen LogP contribution < -0.4 is 0 Å². The summed E-state index contributed by atoms with van der Waals surface area (Å²) in [6, 6.07) is 10.0. The monoisotopic (exact) mass is 283 g/mol. The first-order valence-corrected chi connectivity index (χ1v) is 7.37. The van der Waals surface area contributed by atoms with Gasteiger partial charge in [-0.05, 0) is 55.3 Å². The Labute approximate surface area is 125 Å². The number of phenols is 2. The lowest BCUT2D eigenvalue weighted by Gasteiger charge is -2.34. The minimum Gasteiger partial charge on any atom is -0.504 e. The summed E-state index contributed by atoms with van der Waals surface area (Å²) >= 11 is 0. The summed E-state index contributed by atoms with van der Waals surface area (Å²) in [6.45, 7) is 2.15. The van der Waals surface area contributed by atoms with Crippen LogP contribution >= 0.6 is 0 Å². The van der Waals surface area contributed by atoms with Gasteiger partial charge in [0.2, 0.25) is 0 Å². The van der Waals surface area contributed by atoms with E-state index in [1.54, 1.807) is 6.07 Å². The molecule has 1 atom stereocenters. The summed E-state index contributed by atoms with van der Waals surface area (Å²) < 4.78 is 0. The van der Waals surface area contributed by atoms with Crippen molar-refractivity contribution in [2.24, 2.45) is 0 Å². The van der Waals surface area contributed by atoms with Crippen LogP contribution in [-0.4, -0.2) is 29.2 Å². The molecule has 2 N–H and O–H groups in total. The second kappa shape index (κ2) is 5.08. The van der Waals surface area contributed by atoms with Gasteiger partial charge >= 0.3 is 0 Å². The van der Waals surface area contributed by atoms with Gasteiger partial charge in [0.1, 0.15) is 0 Å². The number of fused-ring (bicyclic) bond motifs is 3. The fourth-order valence-corrected chi connectivity index (χ4v) is 3.38. The van der Waals surface area contributed by atoms with Gasteiger partial charge in [-0.25, -0.2) is 0 Å². The molecule has 0 heterocycles. The lowest BCUT2D eigenvalue weighted by Crippen LogP contribution is -2.26. The van der Waals surface area contributed by atoms with Crippen LogP contribution in [0, 0.1) is 0 Å². The Morgan fingerprint density at radius 1 is 1.14 bits per heavy atom. The molecule has 0 spiro atoms. The summed E-state index contributed by atoms with van der Waals surface area (Å²) in [5.41, 5.74) is 5.50. The number of hydrogen-bond acceptors (Lipinski definition) is 3. The van der Waals surface area contributed by atoms with E-state index in [1.165, 1.54) is 11.1 Å². The minimum absolute atomic E-state index is 0.000732. The molecule has 0 bridgehead atoms. The number of rotatable bonds is 2. The summed E-state index contributed by atoms with van der Waals surface area (Å²) in [5, 5.41) is 20.2. The first kappa shape index (κ1) is 14.0. The van der Waals surface area contributed by atoms with E-state index in [2.05, 4.69) is 32.0 Å². The molecule has 0 saturated heterocycles. The van der Waals surface area contributed by atoms with Crippen molar-refractivity contribution in [2.75, 3.05) is 14.1 Å². The van der Waals surface area contributed by atoms with Crippen molar-refractivity contribution in [1.29, 1.82) is 0 Å². The molecule has 2 aromatic carbocycles. The third-order valence-electron chi connectivity index (χ3n) is 4.46. The van der Waals surface area contributed by atoms with Crippen molar-refractivity contribution in [3.05, 3.63) is 47.0 Å². The maximum absolute atomic E-state index is 10.3. The number of aromatic hydroxyl groups is 2. The smallest absolute Gasteiger partial charge is 0.165 e. The lowest BCUT2D eigenvalue weighted by atomic mass is 9.79. The van der Waals surface area contributed by atoms with E-state index in [0.29, 0.717) is 6.04 Å². The van der Waals surface area contributed by atoms with Crippen LogP contribution in [0.3, 0.4) is 0 Å². The Balaban J connectivity index is 2.33. The molecule has 0 aliphatic heterocycles. The van der Waals surface area contributed by atoms with E-state index in [4.69, 9.17) is 0 Å². The molecule has 0 fully saturated rings. The summed E-state index contributed by atoms with van der Waals surface area (Å²) in [6.07, 6.45) is 1.81. The van der Waals surface area contributed by atoms with E-state index in [-0.39, 0.29) is 11.5 Å². The molecule has 0 amide bonds. The first-order valence-electron chi connectivity index (χ1n) is 7.37. The van der Waals surface area contributed by atoms with Crippen LogP contribution in [0.1, 0.15) is 29.7 Å². The molecule has 0 saturated carbocycles. The predicted octanol–water partition coefficient (Wildman–Crippen LogP) is 3.49. The SMILES string of the molecule is CCc1cccc2c1C(N(C)C)Cc1ccc(O)c(O)c1-2. The van der Waals surface area contributed by atoms with Crippen LogP contribution in [-0.2, 0) is 12.8 Å². The minimum atomic E-state index is -0.0510. The maximum atomic E-state index is 10.3. The molecule has 3 rings (SSSR count). The van der Waals surface area contributed by atoms with Crippen molar-refractivity contribution in [3.63, 3.8) is 0 Å². The first-order chi connectivity index (χ1) is 10.0. The highest BCUT2D eigenvalue weighted by Gasteiger charge is 2.30. The van der Waals surface area contributed by atoms with Gasteiger partial charge in [0.15, 0.2) is 11.5 Å². The van der Waals surface area contributed by atoms with Crippen LogP contribution in [0.2, 0.25) is 0 Å². The van der Waals surface area contributed by atoms with E-state index in [1.807, 2.05) is 18.2 Å². The summed E-state index contributed by atoms with van der Waals surface area (Å²) in [5.74, 6) is -0.0517. The molecule has 1 aliphatic rings. The number of aryl methyl sites for hydroxylation is 1. The number of hydrogen-bond donors (Lipinski definition) is 2. The Morgan fingerprint density at radius 2 is 1.90 bits per heavy atom. The lowest BCUT2D eigenvalue weighted by molar-refractivity contribution is 0.294. The van der Waals surface area contributed by atoms with Gasteiger partial charge in [-0.2, -0.15) is 0 Å². The molecule has 1 aliphatic carbocycles. The van der Waals surface area contributed by atoms with Gasteiger partial charge < -0.3 is 15.1 Å². The van der Waals surface area contributed by atoms with Crippen molar-refractivity contribution in [1.82, 2.24) is 4.90 Å². The molecular weight excluding hydrogens is 262 g/mol. The average Bonchev–Trinajstić information content (AvgIpc) is 2.48. The summed E-state index contributed by atoms with van der Waals surface area (Å²) in [7, 11) is 4.18. The number of benzene rings is 2. The van der Waals surface area contributed by atoms with Gasteiger partial charge in [0.25, 0.3) is 0 Å². The van der Waals surface area contributed by atoms with Crippen LogP contribution in [0.5, 0.6) is 11.5 Å². The van der Waals surface area contributed by atoms with Gasteiger partial charge in [-0.1, -0.05) is 31.2 Å². The highest BCUT2D eigenvalue weighted by molar-refractivity contribution is 5.82. The van der Waals surface area contributed by atoms with Crippen molar-refractivity contribution in [2.45, 2.75) is 25.8 Å². The molecule has 0 radical (unpaired) electrons. The van der Waals surface area contributed by atoms with E-state index < -0.39 is 0 Å². The maximum Gasteiger partial charge on any atom is 0.165 e. The second-order valence-electron chi connectivity index (χ2n) is 5.88. The number of likely N-dealkylation sites (N-methyl/N-ethyl adjacent to an activating group) is 1. The highest BCUT2D eigenvalue weighted by atomic mass is 16.3. The van der Waals surface area contributed by atoms with Gasteiger partial charge in [0.05, 0.1) is 0 Å². The Morgan fingerprint density at radius 3 is 2.57 bits per heavy atom. The molecule has 21 heavy (non-hydrogen) atoms. The van der Waals surface area contributed by atoms with Gasteiger partial charge in [0, 0.05) is 11.6 Å². The van der Waals surface area contributed by atoms with E-state index in [9.17, 15) is 10.2 Å². The average molecular weight is 283 g/mol. The zero-order chi connectivity index (χ0) is 15.1. The normalized spacial score (nSPS) is 16.7. The Hall–Kier alpha value is -2.00. The molecular formula is C18H21NO2. The van der Waals surface area contributed by atoms with Gasteiger partial charge in [-0.15, -0.1) is 0 Å². The van der Waals surface area contributed by atoms with Crippen molar-refractivity contribution < 1.29 is 10.2 Å². The van der Waals surface area contributed by atoms with Crippen molar-refractivity contribution in [3.8, 4) is 22.6 Å². The molecule has 3 nitrogen and oxygen atoms in total. The van der Waals surface area contributed by atoms with E-state index >= 15 is 0 Å². The molecule has 0 aromatic heterocycles. The summed E-state index contributed by atoms with van der Waals surface area (Å²) in [4.78, 5) is 2.23. The largest absolute Gasteiger partial charge is 0.504 e. The van der Waals surface area contributed by atoms with Crippen LogP contribution in [0.4, 0.5) is 0 Å². The third-order valence-corrected chi connectivity index (χ3v) is 4.46.